The number of carbonyl (C=O) groups excluding carboxylic acids is 3. The first-order valence-electron chi connectivity index (χ1n) is 10.6. The van der Waals surface area contributed by atoms with Crippen LogP contribution in [-0.4, -0.2) is 46.9 Å². The van der Waals surface area contributed by atoms with Crippen LogP contribution in [0.2, 0.25) is 0 Å². The van der Waals surface area contributed by atoms with Gasteiger partial charge < -0.3 is 29.8 Å². The minimum absolute atomic E-state index is 0.00794. The van der Waals surface area contributed by atoms with Crippen LogP contribution in [0.25, 0.3) is 0 Å². The molecule has 0 fully saturated rings. The number of carbonyl (C=O) groups is 4. The summed E-state index contributed by atoms with van der Waals surface area (Å²) in [5, 5.41) is 9.59. The van der Waals surface area contributed by atoms with Gasteiger partial charge in [-0.15, -0.1) is 0 Å². The number of benzene rings is 1. The number of nitrogens with two attached hydrogens (primary N) is 1. The van der Waals surface area contributed by atoms with E-state index in [-0.39, 0.29) is 11.5 Å². The summed E-state index contributed by atoms with van der Waals surface area (Å²) in [7, 11) is 0. The third-order valence-corrected chi connectivity index (χ3v) is 5.33. The number of hydrogen-bond acceptors (Lipinski definition) is 9. The van der Waals surface area contributed by atoms with Crippen LogP contribution in [0.5, 0.6) is 11.5 Å². The van der Waals surface area contributed by atoms with Crippen LogP contribution in [0, 0.1) is 5.92 Å². The lowest BCUT2D eigenvalue weighted by molar-refractivity contribution is -0.140. The minimum atomic E-state index is -1.38. The Bertz CT molecular complexity index is 881. The summed E-state index contributed by atoms with van der Waals surface area (Å²) in [5.41, 5.74) is 5.66. The third-order valence-electron chi connectivity index (χ3n) is 5.33. The van der Waals surface area contributed by atoms with Crippen molar-refractivity contribution in [1.29, 1.82) is 0 Å². The molecule has 0 saturated carbocycles. The van der Waals surface area contributed by atoms with E-state index < -0.39 is 53.6 Å². The summed E-state index contributed by atoms with van der Waals surface area (Å²) in [6.07, 6.45) is -1.08. The van der Waals surface area contributed by atoms with Gasteiger partial charge in [-0.2, -0.15) is 0 Å². The first-order chi connectivity index (χ1) is 15.2. The number of ether oxygens (including phenoxy) is 4. The Labute approximate surface area is 193 Å². The Morgan fingerprint density at radius 2 is 1.58 bits per heavy atom. The smallest absolute Gasteiger partial charge is 0.480 e. The molecule has 0 spiro atoms. The molecule has 0 saturated heterocycles. The first kappa shape index (κ1) is 27.9. The second-order valence-corrected chi connectivity index (χ2v) is 8.43. The Morgan fingerprint density at radius 1 is 1.03 bits per heavy atom. The van der Waals surface area contributed by atoms with Gasteiger partial charge in [0.15, 0.2) is 11.5 Å². The van der Waals surface area contributed by atoms with Gasteiger partial charge >= 0.3 is 24.1 Å². The van der Waals surface area contributed by atoms with Crippen LogP contribution >= 0.6 is 0 Å². The van der Waals surface area contributed by atoms with E-state index in [0.717, 1.165) is 0 Å². The summed E-state index contributed by atoms with van der Waals surface area (Å²) < 4.78 is 20.9. The molecule has 1 aromatic rings. The standard InChI is InChI=1S/C23H33NO9/c1-8-23(6,7)33-22(29)30-13(3)12(2)19(20(24)21(27)28)16-9-10-17(31-14(4)25)18(11-16)32-15(5)26/h9-13,19-20H,8,24H2,1-7H3,(H,27,28)/t12?,13?,19?,20-/m0/s1. The molecule has 10 heteroatoms. The average Bonchev–Trinajstić information content (AvgIpc) is 2.68. The molecule has 3 N–H and O–H groups in total. The quantitative estimate of drug-likeness (QED) is 0.387. The van der Waals surface area contributed by atoms with Crippen molar-refractivity contribution in [2.75, 3.05) is 0 Å². The maximum Gasteiger partial charge on any atom is 0.509 e. The lowest BCUT2D eigenvalue weighted by atomic mass is 9.79. The maximum absolute atomic E-state index is 12.2. The molecule has 0 amide bonds. The highest BCUT2D eigenvalue weighted by Gasteiger charge is 2.36. The van der Waals surface area contributed by atoms with Gasteiger partial charge in [0.1, 0.15) is 17.7 Å². The van der Waals surface area contributed by atoms with E-state index in [9.17, 15) is 24.3 Å². The lowest BCUT2D eigenvalue weighted by Crippen LogP contribution is -2.43. The minimum Gasteiger partial charge on any atom is -0.480 e. The Kier molecular flexibility index (Phi) is 9.84. The lowest BCUT2D eigenvalue weighted by Gasteiger charge is -2.32. The van der Waals surface area contributed by atoms with Crippen LogP contribution in [0.1, 0.15) is 66.4 Å². The van der Waals surface area contributed by atoms with Gasteiger partial charge in [-0.25, -0.2) is 4.79 Å². The molecule has 4 atom stereocenters. The first-order valence-corrected chi connectivity index (χ1v) is 10.6. The second-order valence-electron chi connectivity index (χ2n) is 8.43. The van der Waals surface area contributed by atoms with Crippen molar-refractivity contribution in [3.63, 3.8) is 0 Å². The summed E-state index contributed by atoms with van der Waals surface area (Å²) in [6, 6.07) is 2.90. The fourth-order valence-corrected chi connectivity index (χ4v) is 3.07. The predicted octanol–water partition coefficient (Wildman–Crippen LogP) is 3.40. The molecule has 0 aromatic heterocycles. The van der Waals surface area contributed by atoms with Gasteiger partial charge in [-0.05, 0) is 44.9 Å². The fraction of sp³-hybridized carbons (Fsp3) is 0.565. The van der Waals surface area contributed by atoms with Gasteiger partial charge in [0, 0.05) is 25.7 Å². The van der Waals surface area contributed by atoms with Crippen LogP contribution < -0.4 is 15.2 Å². The van der Waals surface area contributed by atoms with Gasteiger partial charge in [0.25, 0.3) is 0 Å². The maximum atomic E-state index is 12.2. The van der Waals surface area contributed by atoms with Gasteiger partial charge in [0.05, 0.1) is 0 Å². The number of carboxylic acids is 1. The van der Waals surface area contributed by atoms with Crippen molar-refractivity contribution >= 4 is 24.1 Å². The molecule has 0 aliphatic rings. The number of rotatable bonds is 10. The third kappa shape index (κ3) is 8.38. The van der Waals surface area contributed by atoms with Crippen LogP contribution in [0.4, 0.5) is 4.79 Å². The topological polar surface area (TPSA) is 151 Å². The molecule has 184 valence electrons. The molecule has 10 nitrogen and oxygen atoms in total. The number of esters is 2. The molecule has 0 radical (unpaired) electrons. The zero-order valence-corrected chi connectivity index (χ0v) is 20.0. The van der Waals surface area contributed by atoms with E-state index in [4.69, 9.17) is 24.7 Å². The Balaban J connectivity index is 3.31. The Hall–Kier alpha value is -3.14. The number of hydrogen-bond donors (Lipinski definition) is 2. The molecule has 0 aliphatic heterocycles. The molecular weight excluding hydrogens is 434 g/mol. The normalized spacial score (nSPS) is 14.9. The Morgan fingerprint density at radius 3 is 2.06 bits per heavy atom. The molecule has 0 bridgehead atoms. The molecule has 0 aliphatic carbocycles. The van der Waals surface area contributed by atoms with Crippen molar-refractivity contribution in [3.05, 3.63) is 23.8 Å². The second kappa shape index (κ2) is 11.6. The number of aliphatic carboxylic acids is 1. The zero-order valence-electron chi connectivity index (χ0n) is 20.0. The van der Waals surface area contributed by atoms with Crippen molar-refractivity contribution in [2.24, 2.45) is 11.7 Å². The van der Waals surface area contributed by atoms with E-state index >= 15 is 0 Å². The molecule has 3 unspecified atom stereocenters. The summed E-state index contributed by atoms with van der Waals surface area (Å²) in [5.74, 6) is -4.08. The van der Waals surface area contributed by atoms with Gasteiger partial charge in [-0.3, -0.25) is 14.4 Å². The number of carboxylic acid groups (broad SMARTS) is 1. The largest absolute Gasteiger partial charge is 0.509 e. The highest BCUT2D eigenvalue weighted by molar-refractivity contribution is 5.76. The average molecular weight is 468 g/mol. The van der Waals surface area contributed by atoms with E-state index in [1.54, 1.807) is 27.7 Å². The molecular formula is C23H33NO9. The molecule has 0 heterocycles. The highest BCUT2D eigenvalue weighted by Crippen LogP contribution is 2.37. The van der Waals surface area contributed by atoms with E-state index in [1.807, 2.05) is 6.92 Å². The van der Waals surface area contributed by atoms with Crippen LogP contribution in [-0.2, 0) is 23.9 Å². The highest BCUT2D eigenvalue weighted by atomic mass is 16.7. The SMILES string of the molecule is CCC(C)(C)OC(=O)OC(C)C(C)C(c1ccc(OC(C)=O)c(OC(C)=O)c1)[C@H](N)C(=O)O. The fourth-order valence-electron chi connectivity index (χ4n) is 3.07. The van der Waals surface area contributed by atoms with Crippen LogP contribution in [0.3, 0.4) is 0 Å². The monoisotopic (exact) mass is 467 g/mol. The molecule has 33 heavy (non-hydrogen) atoms. The molecule has 1 rings (SSSR count). The summed E-state index contributed by atoms with van der Waals surface area (Å²) in [4.78, 5) is 46.9. The predicted molar refractivity (Wildman–Crippen MR) is 118 cm³/mol. The van der Waals surface area contributed by atoms with Crippen molar-refractivity contribution in [3.8, 4) is 11.5 Å². The van der Waals surface area contributed by atoms with Crippen molar-refractivity contribution in [1.82, 2.24) is 0 Å². The zero-order chi connectivity index (χ0) is 25.5. The van der Waals surface area contributed by atoms with E-state index in [2.05, 4.69) is 0 Å². The van der Waals surface area contributed by atoms with Gasteiger partial charge in [0.2, 0.25) is 0 Å². The van der Waals surface area contributed by atoms with Crippen molar-refractivity contribution in [2.45, 2.75) is 78.6 Å². The summed E-state index contributed by atoms with van der Waals surface area (Å²) >= 11 is 0. The van der Waals surface area contributed by atoms with Crippen molar-refractivity contribution < 1.29 is 43.2 Å². The summed E-state index contributed by atoms with van der Waals surface area (Å²) in [6.45, 7) is 11.0. The van der Waals surface area contributed by atoms with Crippen LogP contribution in [0.15, 0.2) is 18.2 Å². The van der Waals surface area contributed by atoms with E-state index in [0.29, 0.717) is 12.0 Å². The van der Waals surface area contributed by atoms with E-state index in [1.165, 1.54) is 32.0 Å². The molecule has 1 aromatic carbocycles. The van der Waals surface area contributed by atoms with Gasteiger partial charge in [-0.1, -0.05) is 19.9 Å².